The van der Waals surface area contributed by atoms with E-state index < -0.39 is 18.4 Å². The number of carbonyl (C=O) groups excluding carboxylic acids is 1. The summed E-state index contributed by atoms with van der Waals surface area (Å²) in [6.07, 6.45) is 1.41. The van der Waals surface area contributed by atoms with Crippen molar-refractivity contribution in [3.63, 3.8) is 0 Å². The first kappa shape index (κ1) is 13.1. The second-order valence-electron chi connectivity index (χ2n) is 3.76. The van der Waals surface area contributed by atoms with Crippen molar-refractivity contribution in [2.75, 3.05) is 6.54 Å². The Morgan fingerprint density at radius 1 is 1.32 bits per heavy atom. The predicted octanol–water partition coefficient (Wildman–Crippen LogP) is 1.62. The van der Waals surface area contributed by atoms with Crippen LogP contribution in [0.5, 0.6) is 5.75 Å². The molecule has 98 valence electrons. The third-order valence-corrected chi connectivity index (χ3v) is 2.74. The van der Waals surface area contributed by atoms with E-state index in [9.17, 15) is 14.7 Å². The highest BCUT2D eigenvalue weighted by molar-refractivity contribution is 6.25. The minimum Gasteiger partial charge on any atom is -0.505 e. The lowest BCUT2D eigenvalue weighted by Crippen LogP contribution is -2.28. The van der Waals surface area contributed by atoms with E-state index in [0.29, 0.717) is 15.2 Å². The van der Waals surface area contributed by atoms with Gasteiger partial charge in [0.1, 0.15) is 6.54 Å². The van der Waals surface area contributed by atoms with Gasteiger partial charge in [-0.3, -0.25) is 9.59 Å². The van der Waals surface area contributed by atoms with Crippen LogP contribution in [0.1, 0.15) is 10.5 Å². The van der Waals surface area contributed by atoms with E-state index in [2.05, 4.69) is 4.98 Å². The number of halogens is 1. The molecule has 0 aliphatic heterocycles. The van der Waals surface area contributed by atoms with Crippen molar-refractivity contribution in [2.45, 2.75) is 0 Å². The lowest BCUT2D eigenvalue weighted by Gasteiger charge is -2.12. The maximum Gasteiger partial charge on any atom is 0.324 e. The van der Waals surface area contributed by atoms with Crippen LogP contribution in [0, 0.1) is 0 Å². The van der Waals surface area contributed by atoms with Gasteiger partial charge in [0.05, 0.1) is 0 Å². The van der Waals surface area contributed by atoms with Crippen molar-refractivity contribution in [1.29, 1.82) is 0 Å². The fourth-order valence-electron chi connectivity index (χ4n) is 1.61. The van der Waals surface area contributed by atoms with E-state index in [1.807, 2.05) is 0 Å². The second-order valence-corrected chi connectivity index (χ2v) is 4.17. The fraction of sp³-hybridized carbons (Fsp3) is 0.0833. The number of carboxylic acid groups (broad SMARTS) is 1. The average molecular weight is 281 g/mol. The summed E-state index contributed by atoms with van der Waals surface area (Å²) < 4.78 is 0.458. The summed E-state index contributed by atoms with van der Waals surface area (Å²) in [6, 6.07) is 6.82. The normalized spacial score (nSPS) is 10.4. The Hall–Kier alpha value is -2.34. The number of aromatic hydroxyl groups is 1. The minimum absolute atomic E-state index is 0.282. The summed E-state index contributed by atoms with van der Waals surface area (Å²) >= 11 is 5.54. The molecule has 7 heteroatoms. The third-order valence-electron chi connectivity index (χ3n) is 2.47. The standard InChI is InChI=1S/C12H9ClN2O4/c13-15(6-9(16)17)12(19)10-11(18)8-4-2-1-3-7(8)5-14-10/h1-5,18H,6H2,(H,16,17). The highest BCUT2D eigenvalue weighted by atomic mass is 35.5. The Kier molecular flexibility index (Phi) is 3.52. The van der Waals surface area contributed by atoms with Gasteiger partial charge in [-0.05, 0) is 0 Å². The van der Waals surface area contributed by atoms with Gasteiger partial charge in [-0.2, -0.15) is 0 Å². The van der Waals surface area contributed by atoms with Gasteiger partial charge in [-0.25, -0.2) is 9.40 Å². The molecule has 19 heavy (non-hydrogen) atoms. The zero-order valence-electron chi connectivity index (χ0n) is 9.58. The SMILES string of the molecule is O=C(O)CN(Cl)C(=O)c1ncc2ccccc2c1O. The zero-order valence-corrected chi connectivity index (χ0v) is 10.3. The van der Waals surface area contributed by atoms with Gasteiger partial charge in [-0.15, -0.1) is 0 Å². The number of fused-ring (bicyclic) bond motifs is 1. The Labute approximate surface area is 113 Å². The number of pyridine rings is 1. The number of aromatic nitrogens is 1. The number of rotatable bonds is 3. The van der Waals surface area contributed by atoms with Crippen molar-refractivity contribution in [2.24, 2.45) is 0 Å². The van der Waals surface area contributed by atoms with Crippen molar-refractivity contribution >= 4 is 34.4 Å². The molecule has 1 aromatic heterocycles. The van der Waals surface area contributed by atoms with Crippen LogP contribution in [0.3, 0.4) is 0 Å². The Balaban J connectivity index is 2.43. The number of hydrogen-bond donors (Lipinski definition) is 2. The number of aliphatic carboxylic acids is 1. The van der Waals surface area contributed by atoms with Crippen LogP contribution in [0.4, 0.5) is 0 Å². The summed E-state index contributed by atoms with van der Waals surface area (Å²) in [5.41, 5.74) is -0.282. The molecule has 0 spiro atoms. The van der Waals surface area contributed by atoms with Crippen LogP contribution in [-0.4, -0.2) is 38.0 Å². The number of amides is 1. The molecule has 1 heterocycles. The molecule has 0 aliphatic carbocycles. The summed E-state index contributed by atoms with van der Waals surface area (Å²) in [7, 11) is 0. The van der Waals surface area contributed by atoms with Gasteiger partial charge in [0.15, 0.2) is 11.4 Å². The highest BCUT2D eigenvalue weighted by Crippen LogP contribution is 2.27. The minimum atomic E-state index is -1.26. The van der Waals surface area contributed by atoms with Gasteiger partial charge < -0.3 is 10.2 Å². The first-order chi connectivity index (χ1) is 9.00. The summed E-state index contributed by atoms with van der Waals surface area (Å²) in [4.78, 5) is 26.2. The number of benzene rings is 1. The summed E-state index contributed by atoms with van der Waals surface area (Å²) in [5.74, 6) is -2.45. The molecule has 0 fully saturated rings. The fourth-order valence-corrected chi connectivity index (χ4v) is 1.79. The van der Waals surface area contributed by atoms with Gasteiger partial charge in [0.2, 0.25) is 0 Å². The molecule has 0 saturated carbocycles. The molecule has 0 radical (unpaired) electrons. The van der Waals surface area contributed by atoms with Crippen LogP contribution >= 0.6 is 11.8 Å². The molecule has 1 aromatic carbocycles. The van der Waals surface area contributed by atoms with Gasteiger partial charge in [0, 0.05) is 28.7 Å². The lowest BCUT2D eigenvalue weighted by molar-refractivity contribution is -0.136. The molecule has 2 rings (SSSR count). The van der Waals surface area contributed by atoms with E-state index in [0.717, 1.165) is 0 Å². The number of carbonyl (C=O) groups is 2. The first-order valence-corrected chi connectivity index (χ1v) is 5.60. The van der Waals surface area contributed by atoms with Gasteiger partial charge in [-0.1, -0.05) is 24.3 Å². The smallest absolute Gasteiger partial charge is 0.324 e. The topological polar surface area (TPSA) is 90.7 Å². The lowest BCUT2D eigenvalue weighted by atomic mass is 10.1. The van der Waals surface area contributed by atoms with E-state index >= 15 is 0 Å². The summed E-state index contributed by atoms with van der Waals surface area (Å²) in [5, 5.41) is 19.7. The quantitative estimate of drug-likeness (QED) is 0.834. The maximum absolute atomic E-state index is 11.9. The highest BCUT2D eigenvalue weighted by Gasteiger charge is 2.22. The molecule has 0 saturated heterocycles. The van der Waals surface area contributed by atoms with Crippen LogP contribution in [0.15, 0.2) is 30.5 Å². The molecular weight excluding hydrogens is 272 g/mol. The molecular formula is C12H9ClN2O4. The van der Waals surface area contributed by atoms with Crippen molar-refractivity contribution in [1.82, 2.24) is 9.40 Å². The van der Waals surface area contributed by atoms with Crippen LogP contribution in [0.25, 0.3) is 10.8 Å². The molecule has 2 aromatic rings. The Morgan fingerprint density at radius 3 is 2.68 bits per heavy atom. The third kappa shape index (κ3) is 2.58. The van der Waals surface area contributed by atoms with E-state index in [4.69, 9.17) is 16.9 Å². The predicted molar refractivity (Wildman–Crippen MR) is 67.9 cm³/mol. The monoisotopic (exact) mass is 280 g/mol. The van der Waals surface area contributed by atoms with Crippen LogP contribution in [0.2, 0.25) is 0 Å². The summed E-state index contributed by atoms with van der Waals surface area (Å²) in [6.45, 7) is -0.686. The van der Waals surface area contributed by atoms with Gasteiger partial charge >= 0.3 is 5.97 Å². The first-order valence-electron chi connectivity index (χ1n) is 5.27. The molecule has 0 aliphatic rings. The Bertz CT molecular complexity index is 659. The number of hydrogen-bond acceptors (Lipinski definition) is 4. The van der Waals surface area contributed by atoms with E-state index in [1.165, 1.54) is 6.20 Å². The largest absolute Gasteiger partial charge is 0.505 e. The second kappa shape index (κ2) is 5.11. The van der Waals surface area contributed by atoms with Crippen molar-refractivity contribution in [3.8, 4) is 5.75 Å². The van der Waals surface area contributed by atoms with Crippen molar-refractivity contribution in [3.05, 3.63) is 36.2 Å². The van der Waals surface area contributed by atoms with Gasteiger partial charge in [0.25, 0.3) is 5.91 Å². The number of carboxylic acids is 1. The van der Waals surface area contributed by atoms with Crippen LogP contribution in [-0.2, 0) is 4.79 Å². The molecule has 0 atom stereocenters. The maximum atomic E-state index is 11.9. The Morgan fingerprint density at radius 2 is 2.00 bits per heavy atom. The number of nitrogens with zero attached hydrogens (tertiary/aromatic N) is 2. The zero-order chi connectivity index (χ0) is 14.0. The van der Waals surface area contributed by atoms with E-state index in [-0.39, 0.29) is 11.4 Å². The molecule has 2 N–H and O–H groups in total. The molecule has 1 amide bonds. The van der Waals surface area contributed by atoms with E-state index in [1.54, 1.807) is 24.3 Å². The molecule has 6 nitrogen and oxygen atoms in total. The molecule has 0 bridgehead atoms. The van der Waals surface area contributed by atoms with Crippen molar-refractivity contribution < 1.29 is 19.8 Å². The van der Waals surface area contributed by atoms with Crippen LogP contribution < -0.4 is 0 Å². The average Bonchev–Trinajstić information content (AvgIpc) is 2.38. The molecule has 0 unspecified atom stereocenters.